The summed E-state index contributed by atoms with van der Waals surface area (Å²) in [6.07, 6.45) is -11.5. The molecule has 2 heterocycles. The minimum atomic E-state index is -1.71. The predicted molar refractivity (Wildman–Crippen MR) is 125 cm³/mol. The zero-order valence-electron chi connectivity index (χ0n) is 22.2. The number of halogens is 1. The van der Waals surface area contributed by atoms with Gasteiger partial charge in [0.2, 0.25) is 5.24 Å². The molecule has 15 nitrogen and oxygen atoms in total. The summed E-state index contributed by atoms with van der Waals surface area (Å²) in [4.78, 5) is 84.5. The maximum Gasteiger partial charge on any atom is 0.310 e. The summed E-state index contributed by atoms with van der Waals surface area (Å²) in [5.74, 6) is -7.29. The topological polar surface area (TPSA) is 193 Å². The minimum Gasteiger partial charge on any atom is -0.463 e. The maximum atomic E-state index is 12.5. The molecule has 0 aromatic rings. The van der Waals surface area contributed by atoms with Crippen molar-refractivity contribution in [1.29, 1.82) is 0 Å². The van der Waals surface area contributed by atoms with Crippen molar-refractivity contribution in [2.75, 3.05) is 6.61 Å². The second-order valence-electron chi connectivity index (χ2n) is 9.39. The Morgan fingerprint density at radius 1 is 0.750 bits per heavy atom. The Hall–Kier alpha value is -3.30. The molecule has 222 valence electrons. The van der Waals surface area contributed by atoms with Crippen LogP contribution in [-0.4, -0.2) is 96.7 Å². The number of esters is 6. The predicted octanol–water partition coefficient (Wildman–Crippen LogP) is -0.287. The van der Waals surface area contributed by atoms with Crippen molar-refractivity contribution in [2.24, 2.45) is 11.8 Å². The molecule has 0 aromatic carbocycles. The molecule has 1 aliphatic carbocycles. The molecule has 0 N–H and O–H groups in total. The van der Waals surface area contributed by atoms with Crippen LogP contribution >= 0.6 is 11.6 Å². The highest BCUT2D eigenvalue weighted by Gasteiger charge is 2.61. The molecule has 2 saturated heterocycles. The van der Waals surface area contributed by atoms with Gasteiger partial charge in [-0.25, -0.2) is 0 Å². The SMILES string of the molecule is CC(=O)OC[C@H]1O[C@@H](O[C@H]2[C@H](OC(C)=O)[C@@H]3C[C@@H](C(=O)O3)[C@H]2C(=O)Cl)[C@H](OC(C)=O)[C@@H](OC(C)=O)[C@@H]1OC(C)=O. The highest BCUT2D eigenvalue weighted by molar-refractivity contribution is 6.64. The molecule has 3 rings (SSSR count). The van der Waals surface area contributed by atoms with Crippen LogP contribution in [0.25, 0.3) is 0 Å². The fourth-order valence-corrected chi connectivity index (χ4v) is 5.28. The molecule has 3 aliphatic rings. The van der Waals surface area contributed by atoms with Crippen molar-refractivity contribution in [3.8, 4) is 0 Å². The van der Waals surface area contributed by atoms with Crippen LogP contribution in [0, 0.1) is 11.8 Å². The van der Waals surface area contributed by atoms with E-state index in [1.807, 2.05) is 0 Å². The first-order chi connectivity index (χ1) is 18.7. The first-order valence-electron chi connectivity index (χ1n) is 12.2. The van der Waals surface area contributed by atoms with E-state index in [1.165, 1.54) is 0 Å². The molecule has 0 radical (unpaired) electrons. The molecular formula is C24H29ClO15. The van der Waals surface area contributed by atoms with E-state index in [9.17, 15) is 33.6 Å². The number of ether oxygens (including phenoxy) is 8. The van der Waals surface area contributed by atoms with Crippen LogP contribution in [-0.2, 0) is 71.5 Å². The van der Waals surface area contributed by atoms with Crippen molar-refractivity contribution in [3.63, 3.8) is 0 Å². The Labute approximate surface area is 232 Å². The maximum absolute atomic E-state index is 12.5. The molecule has 10 atom stereocenters. The average molecular weight is 593 g/mol. The zero-order valence-corrected chi connectivity index (χ0v) is 22.9. The minimum absolute atomic E-state index is 0.0122. The molecule has 1 saturated carbocycles. The van der Waals surface area contributed by atoms with Gasteiger partial charge in [0.05, 0.1) is 11.8 Å². The van der Waals surface area contributed by atoms with E-state index in [2.05, 4.69) is 0 Å². The highest BCUT2D eigenvalue weighted by atomic mass is 35.5. The summed E-state index contributed by atoms with van der Waals surface area (Å²) >= 11 is 5.86. The molecule has 40 heavy (non-hydrogen) atoms. The molecule has 0 amide bonds. The van der Waals surface area contributed by atoms with Gasteiger partial charge in [0.1, 0.15) is 24.9 Å². The second-order valence-corrected chi connectivity index (χ2v) is 9.76. The summed E-state index contributed by atoms with van der Waals surface area (Å²) in [5.41, 5.74) is 0. The van der Waals surface area contributed by atoms with Crippen molar-refractivity contribution >= 4 is 52.7 Å². The van der Waals surface area contributed by atoms with E-state index in [4.69, 9.17) is 49.5 Å². The van der Waals surface area contributed by atoms with Gasteiger partial charge in [0.25, 0.3) is 0 Å². The molecule has 0 aromatic heterocycles. The third-order valence-electron chi connectivity index (χ3n) is 6.34. The van der Waals surface area contributed by atoms with E-state index in [0.29, 0.717) is 0 Å². The monoisotopic (exact) mass is 592 g/mol. The number of fused-ring (bicyclic) bond motifs is 2. The lowest BCUT2D eigenvalue weighted by Crippen LogP contribution is -2.65. The van der Waals surface area contributed by atoms with Crippen LogP contribution in [0.4, 0.5) is 0 Å². The fraction of sp³-hybridized carbons (Fsp3) is 0.708. The van der Waals surface area contributed by atoms with Crippen molar-refractivity contribution < 1.29 is 71.5 Å². The fourth-order valence-electron chi connectivity index (χ4n) is 5.01. The lowest BCUT2D eigenvalue weighted by molar-refractivity contribution is -0.328. The molecule has 0 spiro atoms. The van der Waals surface area contributed by atoms with Crippen LogP contribution in [0.15, 0.2) is 0 Å². The van der Waals surface area contributed by atoms with Gasteiger partial charge in [-0.15, -0.1) is 0 Å². The van der Waals surface area contributed by atoms with Crippen molar-refractivity contribution in [1.82, 2.24) is 0 Å². The molecule has 16 heteroatoms. The Morgan fingerprint density at radius 3 is 1.80 bits per heavy atom. The zero-order chi connectivity index (χ0) is 29.9. The summed E-state index contributed by atoms with van der Waals surface area (Å²) in [5, 5.41) is -1.00. The average Bonchev–Trinajstić information content (AvgIpc) is 3.14. The van der Waals surface area contributed by atoms with E-state index < -0.39 is 109 Å². The highest BCUT2D eigenvalue weighted by Crippen LogP contribution is 2.44. The summed E-state index contributed by atoms with van der Waals surface area (Å²) in [7, 11) is 0. The van der Waals surface area contributed by atoms with Gasteiger partial charge in [0, 0.05) is 41.0 Å². The van der Waals surface area contributed by atoms with Crippen LogP contribution in [0.2, 0.25) is 0 Å². The Bertz CT molecular complexity index is 1060. The molecule has 3 fully saturated rings. The van der Waals surface area contributed by atoms with Crippen LogP contribution in [0.5, 0.6) is 0 Å². The molecule has 2 aliphatic heterocycles. The van der Waals surface area contributed by atoms with E-state index in [1.54, 1.807) is 0 Å². The van der Waals surface area contributed by atoms with Crippen LogP contribution in [0.1, 0.15) is 41.0 Å². The second kappa shape index (κ2) is 12.9. The van der Waals surface area contributed by atoms with Gasteiger partial charge in [-0.05, 0) is 11.6 Å². The van der Waals surface area contributed by atoms with E-state index in [0.717, 1.165) is 34.6 Å². The largest absolute Gasteiger partial charge is 0.463 e. The number of carbonyl (C=O) groups excluding carboxylic acids is 7. The standard InChI is InChI=1S/C24H29ClO15/c1-8(26)33-7-15-18(35-10(3)28)20(36-11(4)29)21(37-12(5)30)24(39-15)40-19-16(22(25)31)13-6-14(38-23(13)32)17(19)34-9(2)27/h13-21,24H,6-7H2,1-5H3/t13-,14+,15-,16-,17-,18-,19-,20+,21-,24+/m1/s1. The number of carbonyl (C=O) groups is 7. The third-order valence-corrected chi connectivity index (χ3v) is 6.59. The number of hydrogen-bond acceptors (Lipinski definition) is 15. The van der Waals surface area contributed by atoms with E-state index in [-0.39, 0.29) is 6.42 Å². The normalized spacial score (nSPS) is 34.6. The Balaban J connectivity index is 2.07. The number of hydrogen-bond donors (Lipinski definition) is 0. The van der Waals surface area contributed by atoms with Gasteiger partial charge in [-0.2, -0.15) is 0 Å². The van der Waals surface area contributed by atoms with Gasteiger partial charge < -0.3 is 37.9 Å². The summed E-state index contributed by atoms with van der Waals surface area (Å²) in [6, 6.07) is 0. The smallest absolute Gasteiger partial charge is 0.310 e. The van der Waals surface area contributed by atoms with Crippen LogP contribution in [0.3, 0.4) is 0 Å². The van der Waals surface area contributed by atoms with Gasteiger partial charge in [-0.1, -0.05) is 0 Å². The summed E-state index contributed by atoms with van der Waals surface area (Å²) in [6.45, 7) is 4.81. The van der Waals surface area contributed by atoms with Crippen molar-refractivity contribution in [3.05, 3.63) is 0 Å². The van der Waals surface area contributed by atoms with Gasteiger partial charge in [-0.3, -0.25) is 33.6 Å². The lowest BCUT2D eigenvalue weighted by atomic mass is 9.76. The first-order valence-corrected chi connectivity index (χ1v) is 12.6. The Morgan fingerprint density at radius 2 is 1.27 bits per heavy atom. The van der Waals surface area contributed by atoms with Crippen LogP contribution < -0.4 is 0 Å². The van der Waals surface area contributed by atoms with Gasteiger partial charge in [0.15, 0.2) is 30.7 Å². The quantitative estimate of drug-likeness (QED) is 0.192. The molecule has 2 bridgehead atoms. The van der Waals surface area contributed by atoms with Gasteiger partial charge >= 0.3 is 35.8 Å². The Kier molecular flexibility index (Phi) is 10.1. The lowest BCUT2D eigenvalue weighted by Gasteiger charge is -2.46. The molecular weight excluding hydrogens is 564 g/mol. The van der Waals surface area contributed by atoms with Crippen molar-refractivity contribution in [2.45, 2.75) is 90.1 Å². The number of rotatable bonds is 9. The van der Waals surface area contributed by atoms with E-state index >= 15 is 0 Å². The summed E-state index contributed by atoms with van der Waals surface area (Å²) < 4.78 is 43.7. The third kappa shape index (κ3) is 7.26. The first kappa shape index (κ1) is 31.2. The molecule has 0 unspecified atom stereocenters.